The number of rotatable bonds is 5. The van der Waals surface area contributed by atoms with Crippen molar-refractivity contribution in [1.82, 2.24) is 19.2 Å². The van der Waals surface area contributed by atoms with Crippen molar-refractivity contribution in [1.29, 1.82) is 0 Å². The molecule has 1 aromatic carbocycles. The number of methoxy groups -OCH3 is 1. The molecule has 0 aliphatic carbocycles. The van der Waals surface area contributed by atoms with Crippen LogP contribution in [0.2, 0.25) is 0 Å². The fraction of sp³-hybridized carbons (Fsp3) is 0.476. The molecule has 2 aromatic rings. The zero-order chi connectivity index (χ0) is 22.2. The van der Waals surface area contributed by atoms with E-state index >= 15 is 0 Å². The number of ether oxygens (including phenoxy) is 1. The number of para-hydroxylation sites is 1. The number of fused-ring (bicyclic) bond motifs is 1. The lowest BCUT2D eigenvalue weighted by Gasteiger charge is -2.29. The maximum atomic E-state index is 13.2. The molecule has 0 bridgehead atoms. The van der Waals surface area contributed by atoms with Gasteiger partial charge in [0.25, 0.3) is 0 Å². The average Bonchev–Trinajstić information content (AvgIpc) is 3.29. The summed E-state index contributed by atoms with van der Waals surface area (Å²) in [5.74, 6) is 1.63. The highest BCUT2D eigenvalue weighted by Gasteiger charge is 2.36. The molecular formula is C21H27N5O4S. The number of sulfonamides is 1. The second-order valence-corrected chi connectivity index (χ2v) is 9.70. The van der Waals surface area contributed by atoms with Gasteiger partial charge in [0, 0.05) is 51.5 Å². The van der Waals surface area contributed by atoms with Crippen molar-refractivity contribution < 1.29 is 17.9 Å². The van der Waals surface area contributed by atoms with Crippen molar-refractivity contribution in [3.05, 3.63) is 41.3 Å². The average molecular weight is 446 g/mol. The van der Waals surface area contributed by atoms with Gasteiger partial charge < -0.3 is 15.0 Å². The minimum Gasteiger partial charge on any atom is -0.495 e. The van der Waals surface area contributed by atoms with Crippen LogP contribution < -0.4 is 10.1 Å². The van der Waals surface area contributed by atoms with Crippen molar-refractivity contribution in [2.75, 3.05) is 39.1 Å². The highest BCUT2D eigenvalue weighted by molar-refractivity contribution is 7.89. The molecule has 1 atom stereocenters. The molecule has 10 heteroatoms. The number of nitrogens with one attached hydrogen (secondary N) is 1. The number of benzene rings is 1. The summed E-state index contributed by atoms with van der Waals surface area (Å²) in [6, 6.07) is 6.66. The van der Waals surface area contributed by atoms with Gasteiger partial charge in [0.15, 0.2) is 0 Å². The van der Waals surface area contributed by atoms with Crippen LogP contribution in [-0.4, -0.2) is 67.3 Å². The standard InChI is InChI=1S/C21H27N5O4S/c1-14(27)25-10-9-17-16(13-25)21(22-2)24-20(23-17)15-8-11-26(12-15)31(28,29)19-7-5-4-6-18(19)30-3/h4-7,15H,8-13H2,1-3H3,(H,22,23,24)/t15-/m1/s1. The van der Waals surface area contributed by atoms with Crippen molar-refractivity contribution in [3.63, 3.8) is 0 Å². The highest BCUT2D eigenvalue weighted by atomic mass is 32.2. The molecule has 1 N–H and O–H groups in total. The number of anilines is 1. The summed E-state index contributed by atoms with van der Waals surface area (Å²) < 4.78 is 33.1. The molecule has 31 heavy (non-hydrogen) atoms. The predicted molar refractivity (Wildman–Crippen MR) is 115 cm³/mol. The van der Waals surface area contributed by atoms with Gasteiger partial charge in [-0.05, 0) is 18.6 Å². The molecule has 1 amide bonds. The van der Waals surface area contributed by atoms with Gasteiger partial charge in [-0.2, -0.15) is 4.31 Å². The van der Waals surface area contributed by atoms with Crippen LogP contribution in [0.4, 0.5) is 5.82 Å². The monoisotopic (exact) mass is 445 g/mol. The van der Waals surface area contributed by atoms with E-state index in [1.807, 2.05) is 0 Å². The van der Waals surface area contributed by atoms with E-state index in [-0.39, 0.29) is 16.7 Å². The molecule has 2 aliphatic rings. The van der Waals surface area contributed by atoms with E-state index in [9.17, 15) is 13.2 Å². The van der Waals surface area contributed by atoms with E-state index in [0.29, 0.717) is 56.4 Å². The SMILES string of the molecule is CNc1nc([C@@H]2CCN(S(=O)(=O)c3ccccc3OC)C2)nc2c1CN(C(C)=O)CC2. The van der Waals surface area contributed by atoms with Gasteiger partial charge in [0.1, 0.15) is 22.3 Å². The number of nitrogens with zero attached hydrogens (tertiary/aromatic N) is 4. The molecule has 1 fully saturated rings. The molecular weight excluding hydrogens is 418 g/mol. The van der Waals surface area contributed by atoms with Gasteiger partial charge in [-0.15, -0.1) is 0 Å². The first-order chi connectivity index (χ1) is 14.8. The van der Waals surface area contributed by atoms with Gasteiger partial charge in [-0.1, -0.05) is 12.1 Å². The lowest BCUT2D eigenvalue weighted by atomic mass is 10.0. The van der Waals surface area contributed by atoms with Crippen LogP contribution in [0.3, 0.4) is 0 Å². The molecule has 166 valence electrons. The van der Waals surface area contributed by atoms with Gasteiger partial charge in [0.05, 0.1) is 19.3 Å². The van der Waals surface area contributed by atoms with E-state index in [0.717, 1.165) is 11.3 Å². The maximum absolute atomic E-state index is 13.2. The number of aromatic nitrogens is 2. The van der Waals surface area contributed by atoms with Crippen molar-refractivity contribution in [3.8, 4) is 5.75 Å². The van der Waals surface area contributed by atoms with Crippen molar-refractivity contribution >= 4 is 21.7 Å². The van der Waals surface area contributed by atoms with Gasteiger partial charge in [-0.25, -0.2) is 18.4 Å². The number of hydrogen-bond donors (Lipinski definition) is 1. The molecule has 0 saturated carbocycles. The Kier molecular flexibility index (Phi) is 5.85. The van der Waals surface area contributed by atoms with E-state index < -0.39 is 10.0 Å². The number of carbonyl (C=O) groups is 1. The van der Waals surface area contributed by atoms with E-state index in [2.05, 4.69) is 5.32 Å². The Balaban J connectivity index is 1.59. The smallest absolute Gasteiger partial charge is 0.246 e. The fourth-order valence-electron chi connectivity index (χ4n) is 4.22. The number of carbonyl (C=O) groups excluding carboxylic acids is 1. The van der Waals surface area contributed by atoms with Crippen molar-refractivity contribution in [2.45, 2.75) is 37.1 Å². The lowest BCUT2D eigenvalue weighted by molar-refractivity contribution is -0.129. The molecule has 1 aromatic heterocycles. The van der Waals surface area contributed by atoms with Crippen LogP contribution in [-0.2, 0) is 27.8 Å². The molecule has 0 spiro atoms. The summed E-state index contributed by atoms with van der Waals surface area (Å²) in [7, 11) is -0.415. The zero-order valence-corrected chi connectivity index (χ0v) is 18.8. The summed E-state index contributed by atoms with van der Waals surface area (Å²) in [4.78, 5) is 23.2. The third-order valence-corrected chi connectivity index (χ3v) is 7.87. The Hall–Kier alpha value is -2.72. The van der Waals surface area contributed by atoms with Crippen LogP contribution in [0, 0.1) is 0 Å². The molecule has 0 unspecified atom stereocenters. The van der Waals surface area contributed by atoms with Crippen LogP contribution in [0.5, 0.6) is 5.75 Å². The first kappa shape index (κ1) is 21.5. The van der Waals surface area contributed by atoms with Gasteiger partial charge in [-0.3, -0.25) is 4.79 Å². The summed E-state index contributed by atoms with van der Waals surface area (Å²) in [6.07, 6.45) is 1.31. The topological polar surface area (TPSA) is 105 Å². The van der Waals surface area contributed by atoms with E-state index in [4.69, 9.17) is 14.7 Å². The Labute approximate surface area is 182 Å². The predicted octanol–water partition coefficient (Wildman–Crippen LogP) is 1.61. The van der Waals surface area contributed by atoms with Crippen LogP contribution in [0.1, 0.15) is 36.3 Å². The maximum Gasteiger partial charge on any atom is 0.246 e. The summed E-state index contributed by atoms with van der Waals surface area (Å²) in [6.45, 7) is 3.40. The minimum absolute atomic E-state index is 0.0322. The Bertz CT molecular complexity index is 1090. The Morgan fingerprint density at radius 3 is 2.71 bits per heavy atom. The summed E-state index contributed by atoms with van der Waals surface area (Å²) in [5.41, 5.74) is 1.86. The molecule has 9 nitrogen and oxygen atoms in total. The first-order valence-electron chi connectivity index (χ1n) is 10.3. The van der Waals surface area contributed by atoms with Gasteiger partial charge in [0.2, 0.25) is 15.9 Å². The van der Waals surface area contributed by atoms with E-state index in [1.165, 1.54) is 11.4 Å². The largest absolute Gasteiger partial charge is 0.495 e. The summed E-state index contributed by atoms with van der Waals surface area (Å²) in [5, 5.41) is 3.12. The molecule has 1 saturated heterocycles. The lowest BCUT2D eigenvalue weighted by Crippen LogP contribution is -2.35. The molecule has 4 rings (SSSR count). The number of amides is 1. The number of hydrogen-bond acceptors (Lipinski definition) is 7. The Morgan fingerprint density at radius 2 is 2.00 bits per heavy atom. The third-order valence-electron chi connectivity index (χ3n) is 5.96. The molecule has 3 heterocycles. The fourth-order valence-corrected chi connectivity index (χ4v) is 5.88. The second-order valence-electron chi connectivity index (χ2n) is 7.80. The van der Waals surface area contributed by atoms with Gasteiger partial charge >= 0.3 is 0 Å². The van der Waals surface area contributed by atoms with Crippen molar-refractivity contribution in [2.24, 2.45) is 0 Å². The molecule has 2 aliphatic heterocycles. The van der Waals surface area contributed by atoms with Crippen LogP contribution in [0.25, 0.3) is 0 Å². The molecule has 0 radical (unpaired) electrons. The zero-order valence-electron chi connectivity index (χ0n) is 18.0. The minimum atomic E-state index is -3.68. The van der Waals surface area contributed by atoms with Crippen LogP contribution >= 0.6 is 0 Å². The second kappa shape index (κ2) is 8.43. The van der Waals surface area contributed by atoms with Crippen LogP contribution in [0.15, 0.2) is 29.2 Å². The quantitative estimate of drug-likeness (QED) is 0.745. The third kappa shape index (κ3) is 3.97. The first-order valence-corrected chi connectivity index (χ1v) is 11.7. The normalized spacial score (nSPS) is 19.2. The van der Waals surface area contributed by atoms with E-state index in [1.54, 1.807) is 43.1 Å². The summed E-state index contributed by atoms with van der Waals surface area (Å²) >= 11 is 0. The Morgan fingerprint density at radius 1 is 1.23 bits per heavy atom. The highest BCUT2D eigenvalue weighted by Crippen LogP contribution is 2.34.